The SMILES string of the molecule is O=C(NO)c1cc2ccc(CNCc3ccc(CNC(C(=O)OC4CCCC4)C4CCCCC4)cc3)cc2s1. The maximum Gasteiger partial charge on any atom is 0.323 e. The van der Waals surface area contributed by atoms with E-state index in [9.17, 15) is 9.59 Å². The molecule has 0 aliphatic heterocycles. The summed E-state index contributed by atoms with van der Waals surface area (Å²) >= 11 is 1.37. The van der Waals surface area contributed by atoms with E-state index < -0.39 is 5.91 Å². The van der Waals surface area contributed by atoms with Crippen LogP contribution in [0.25, 0.3) is 10.1 Å². The van der Waals surface area contributed by atoms with Crippen molar-refractivity contribution in [2.75, 3.05) is 0 Å². The molecule has 4 N–H and O–H groups in total. The molecule has 0 bridgehead atoms. The first-order valence-corrected chi connectivity index (χ1v) is 15.1. The predicted octanol–water partition coefficient (Wildman–Crippen LogP) is 5.83. The van der Waals surface area contributed by atoms with Gasteiger partial charge in [0.25, 0.3) is 5.91 Å². The van der Waals surface area contributed by atoms with Gasteiger partial charge < -0.3 is 15.4 Å². The molecule has 0 radical (unpaired) electrons. The molecule has 2 aliphatic carbocycles. The van der Waals surface area contributed by atoms with Crippen LogP contribution >= 0.6 is 11.3 Å². The van der Waals surface area contributed by atoms with E-state index in [0.717, 1.165) is 60.7 Å². The first-order valence-electron chi connectivity index (χ1n) is 14.3. The highest BCUT2D eigenvalue weighted by atomic mass is 32.1. The number of fused-ring (bicyclic) bond motifs is 1. The van der Waals surface area contributed by atoms with Crippen LogP contribution in [0.3, 0.4) is 0 Å². The van der Waals surface area contributed by atoms with Gasteiger partial charge in [0, 0.05) is 24.3 Å². The highest BCUT2D eigenvalue weighted by Gasteiger charge is 2.32. The van der Waals surface area contributed by atoms with Crippen LogP contribution in [0.4, 0.5) is 0 Å². The fraction of sp³-hybridized carbons (Fsp3) is 0.484. The molecule has 5 rings (SSSR count). The molecule has 1 unspecified atom stereocenters. The summed E-state index contributed by atoms with van der Waals surface area (Å²) in [5, 5.41) is 16.9. The van der Waals surface area contributed by atoms with Crippen LogP contribution in [0.5, 0.6) is 0 Å². The summed E-state index contributed by atoms with van der Waals surface area (Å²) in [6.07, 6.45) is 10.3. The number of rotatable bonds is 11. The van der Waals surface area contributed by atoms with Gasteiger partial charge in [0.2, 0.25) is 0 Å². The average Bonchev–Trinajstić information content (AvgIpc) is 3.64. The molecule has 2 aromatic carbocycles. The fourth-order valence-electron chi connectivity index (χ4n) is 5.86. The zero-order chi connectivity index (χ0) is 27.0. The van der Waals surface area contributed by atoms with Crippen LogP contribution in [-0.2, 0) is 29.2 Å². The summed E-state index contributed by atoms with van der Waals surface area (Å²) in [4.78, 5) is 25.3. The van der Waals surface area contributed by atoms with Gasteiger partial charge in [0.15, 0.2) is 0 Å². The zero-order valence-electron chi connectivity index (χ0n) is 22.4. The number of esters is 1. The van der Waals surface area contributed by atoms with E-state index in [-0.39, 0.29) is 18.1 Å². The van der Waals surface area contributed by atoms with Crippen molar-refractivity contribution in [3.05, 3.63) is 70.1 Å². The normalized spacial score (nSPS) is 17.4. The molecule has 0 saturated heterocycles. The number of hydrogen-bond donors (Lipinski definition) is 4. The number of thiophene rings is 1. The molecule has 1 heterocycles. The van der Waals surface area contributed by atoms with Crippen LogP contribution in [0.15, 0.2) is 48.5 Å². The fourth-order valence-corrected chi connectivity index (χ4v) is 6.88. The molecular formula is C31H39N3O4S. The third-order valence-corrected chi connectivity index (χ3v) is 9.17. The molecule has 7 nitrogen and oxygen atoms in total. The Morgan fingerprint density at radius 1 is 0.846 bits per heavy atom. The Labute approximate surface area is 234 Å². The summed E-state index contributed by atoms with van der Waals surface area (Å²) in [5.41, 5.74) is 5.19. The Morgan fingerprint density at radius 3 is 2.21 bits per heavy atom. The van der Waals surface area contributed by atoms with Gasteiger partial charge in [-0.2, -0.15) is 0 Å². The largest absolute Gasteiger partial charge is 0.461 e. The Morgan fingerprint density at radius 2 is 1.49 bits per heavy atom. The molecule has 0 spiro atoms. The average molecular weight is 550 g/mol. The first-order chi connectivity index (χ1) is 19.1. The minimum Gasteiger partial charge on any atom is -0.461 e. The van der Waals surface area contributed by atoms with Crippen molar-refractivity contribution in [2.45, 2.75) is 89.6 Å². The molecule has 208 valence electrons. The van der Waals surface area contributed by atoms with E-state index in [2.05, 4.69) is 47.0 Å². The number of nitrogens with one attached hydrogen (secondary N) is 3. The lowest BCUT2D eigenvalue weighted by Crippen LogP contribution is -2.45. The van der Waals surface area contributed by atoms with E-state index in [0.29, 0.717) is 23.9 Å². The van der Waals surface area contributed by atoms with Crippen molar-refractivity contribution < 1.29 is 19.5 Å². The lowest BCUT2D eigenvalue weighted by molar-refractivity contribution is -0.153. The van der Waals surface area contributed by atoms with Gasteiger partial charge in [-0.1, -0.05) is 55.7 Å². The standard InChI is InChI=1S/C31H39N3O4S/c35-30(34-37)28-17-25-15-14-23(16-27(25)39-28)19-32-18-21-10-12-22(13-11-21)20-33-29(24-6-2-1-3-7-24)31(36)38-26-8-4-5-9-26/h10-17,24,26,29,32-33,37H,1-9,18-20H2,(H,34,35). The molecule has 3 aromatic rings. The van der Waals surface area contributed by atoms with Gasteiger partial charge in [-0.3, -0.25) is 14.8 Å². The molecule has 39 heavy (non-hydrogen) atoms. The van der Waals surface area contributed by atoms with Crippen molar-refractivity contribution in [1.29, 1.82) is 0 Å². The van der Waals surface area contributed by atoms with Crippen LogP contribution in [0.2, 0.25) is 0 Å². The second kappa shape index (κ2) is 13.5. The van der Waals surface area contributed by atoms with Crippen LogP contribution < -0.4 is 16.1 Å². The second-order valence-electron chi connectivity index (χ2n) is 10.9. The molecule has 1 aromatic heterocycles. The maximum absolute atomic E-state index is 13.1. The second-order valence-corrected chi connectivity index (χ2v) is 12.0. The Bertz CT molecular complexity index is 1250. The highest BCUT2D eigenvalue weighted by molar-refractivity contribution is 7.20. The molecule has 1 atom stereocenters. The summed E-state index contributed by atoms with van der Waals surface area (Å²) < 4.78 is 6.94. The van der Waals surface area contributed by atoms with Crippen molar-refractivity contribution in [3.63, 3.8) is 0 Å². The van der Waals surface area contributed by atoms with Gasteiger partial charge in [-0.15, -0.1) is 11.3 Å². The molecule has 2 aliphatic rings. The number of ether oxygens (including phenoxy) is 1. The number of carbonyl (C=O) groups is 2. The van der Waals surface area contributed by atoms with Crippen molar-refractivity contribution >= 4 is 33.3 Å². The summed E-state index contributed by atoms with van der Waals surface area (Å²) in [6.45, 7) is 2.11. The van der Waals surface area contributed by atoms with Gasteiger partial charge in [-0.05, 0) is 78.7 Å². The summed E-state index contributed by atoms with van der Waals surface area (Å²) in [5.74, 6) is -0.172. The van der Waals surface area contributed by atoms with E-state index in [1.165, 1.54) is 41.7 Å². The van der Waals surface area contributed by atoms with Gasteiger partial charge >= 0.3 is 5.97 Å². The van der Waals surface area contributed by atoms with E-state index in [1.807, 2.05) is 6.07 Å². The van der Waals surface area contributed by atoms with E-state index in [4.69, 9.17) is 9.94 Å². The van der Waals surface area contributed by atoms with Crippen LogP contribution in [-0.4, -0.2) is 29.2 Å². The number of benzene rings is 2. The minimum absolute atomic E-state index is 0.0526. The Balaban J connectivity index is 1.12. The molecule has 1 amide bonds. The highest BCUT2D eigenvalue weighted by Crippen LogP contribution is 2.29. The zero-order valence-corrected chi connectivity index (χ0v) is 23.2. The van der Waals surface area contributed by atoms with Crippen LogP contribution in [0.1, 0.15) is 84.1 Å². The molecule has 8 heteroatoms. The Hall–Kier alpha value is -2.78. The number of carbonyl (C=O) groups excluding carboxylic acids is 2. The quantitative estimate of drug-likeness (QED) is 0.136. The summed E-state index contributed by atoms with van der Waals surface area (Å²) in [7, 11) is 0. The molecule has 2 saturated carbocycles. The third kappa shape index (κ3) is 7.45. The minimum atomic E-state index is -0.483. The van der Waals surface area contributed by atoms with E-state index in [1.54, 1.807) is 11.5 Å². The third-order valence-electron chi connectivity index (χ3n) is 8.08. The first kappa shape index (κ1) is 27.8. The predicted molar refractivity (Wildman–Crippen MR) is 154 cm³/mol. The topological polar surface area (TPSA) is 99.7 Å². The van der Waals surface area contributed by atoms with Gasteiger partial charge in [-0.25, -0.2) is 5.48 Å². The van der Waals surface area contributed by atoms with Gasteiger partial charge in [0.05, 0.1) is 4.88 Å². The lowest BCUT2D eigenvalue weighted by atomic mass is 9.83. The summed E-state index contributed by atoms with van der Waals surface area (Å²) in [6, 6.07) is 16.2. The van der Waals surface area contributed by atoms with Crippen LogP contribution in [0, 0.1) is 5.92 Å². The smallest absolute Gasteiger partial charge is 0.323 e. The monoisotopic (exact) mass is 549 g/mol. The Kier molecular flexibility index (Phi) is 9.63. The number of hydroxylamine groups is 1. The maximum atomic E-state index is 13.1. The number of amides is 1. The van der Waals surface area contributed by atoms with Crippen molar-refractivity contribution in [3.8, 4) is 0 Å². The molecular weight excluding hydrogens is 510 g/mol. The molecule has 2 fully saturated rings. The lowest BCUT2D eigenvalue weighted by Gasteiger charge is -2.30. The van der Waals surface area contributed by atoms with Gasteiger partial charge in [0.1, 0.15) is 12.1 Å². The van der Waals surface area contributed by atoms with E-state index >= 15 is 0 Å². The van der Waals surface area contributed by atoms with Crippen molar-refractivity contribution in [2.24, 2.45) is 5.92 Å². The number of hydrogen-bond acceptors (Lipinski definition) is 7. The van der Waals surface area contributed by atoms with Crippen molar-refractivity contribution in [1.82, 2.24) is 16.1 Å².